The molecule has 31 heavy (non-hydrogen) atoms. The van der Waals surface area contributed by atoms with Gasteiger partial charge in [0.05, 0.1) is 0 Å². The number of amides is 1. The molecule has 0 spiro atoms. The van der Waals surface area contributed by atoms with E-state index in [1.165, 1.54) is 5.56 Å². The lowest BCUT2D eigenvalue weighted by Crippen LogP contribution is -2.20. The van der Waals surface area contributed by atoms with Gasteiger partial charge < -0.3 is 14.5 Å². The summed E-state index contributed by atoms with van der Waals surface area (Å²) >= 11 is 0. The second-order valence-corrected chi connectivity index (χ2v) is 7.79. The molecule has 158 valence electrons. The van der Waals surface area contributed by atoms with Gasteiger partial charge in [0.2, 0.25) is 5.89 Å². The van der Waals surface area contributed by atoms with Gasteiger partial charge >= 0.3 is 0 Å². The fourth-order valence-corrected chi connectivity index (χ4v) is 3.36. The average Bonchev–Trinajstić information content (AvgIpc) is 3.21. The van der Waals surface area contributed by atoms with E-state index >= 15 is 0 Å². The first-order valence-electron chi connectivity index (χ1n) is 10.5. The van der Waals surface area contributed by atoms with Gasteiger partial charge in [-0.2, -0.15) is 0 Å². The fraction of sp³-hybridized carbons (Fsp3) is 0.231. The van der Waals surface area contributed by atoms with Crippen molar-refractivity contribution < 1.29 is 13.9 Å². The third-order valence-corrected chi connectivity index (χ3v) is 5.37. The monoisotopic (exact) mass is 414 g/mol. The van der Waals surface area contributed by atoms with Crippen molar-refractivity contribution >= 4 is 22.7 Å². The first-order chi connectivity index (χ1) is 15.0. The molecule has 1 heterocycles. The molecule has 1 N–H and O–H groups in total. The first-order valence-corrected chi connectivity index (χ1v) is 10.5. The van der Waals surface area contributed by atoms with E-state index in [-0.39, 0.29) is 12.5 Å². The molecule has 3 aromatic carbocycles. The third kappa shape index (κ3) is 4.94. The van der Waals surface area contributed by atoms with Crippen LogP contribution in [0.25, 0.3) is 22.6 Å². The summed E-state index contributed by atoms with van der Waals surface area (Å²) < 4.78 is 11.5. The van der Waals surface area contributed by atoms with Crippen molar-refractivity contribution in [1.29, 1.82) is 0 Å². The maximum atomic E-state index is 12.2. The van der Waals surface area contributed by atoms with E-state index in [1.54, 1.807) is 0 Å². The highest BCUT2D eigenvalue weighted by molar-refractivity contribution is 5.92. The SMILES string of the molecule is CCC(C)c1ccc2oc(-c3ccc(NC(=O)COc4cccc(C)c4)cc3)nc2c1. The van der Waals surface area contributed by atoms with Crippen LogP contribution in [0.5, 0.6) is 5.75 Å². The molecule has 0 aliphatic heterocycles. The summed E-state index contributed by atoms with van der Waals surface area (Å²) in [6.45, 7) is 6.32. The first kappa shape index (κ1) is 20.7. The van der Waals surface area contributed by atoms with Crippen molar-refractivity contribution in [3.8, 4) is 17.2 Å². The molecule has 5 heteroatoms. The zero-order valence-electron chi connectivity index (χ0n) is 18.0. The lowest BCUT2D eigenvalue weighted by molar-refractivity contribution is -0.118. The summed E-state index contributed by atoms with van der Waals surface area (Å²) in [6, 6.07) is 21.2. The van der Waals surface area contributed by atoms with Gasteiger partial charge in [-0.05, 0) is 78.9 Å². The maximum absolute atomic E-state index is 12.2. The third-order valence-electron chi connectivity index (χ3n) is 5.37. The van der Waals surface area contributed by atoms with Crippen molar-refractivity contribution in [1.82, 2.24) is 4.98 Å². The number of anilines is 1. The van der Waals surface area contributed by atoms with Crippen LogP contribution in [0.15, 0.2) is 71.1 Å². The Hall–Kier alpha value is -3.60. The lowest BCUT2D eigenvalue weighted by Gasteiger charge is -2.08. The number of hydrogen-bond donors (Lipinski definition) is 1. The van der Waals surface area contributed by atoms with Crippen LogP contribution in [0.2, 0.25) is 0 Å². The summed E-state index contributed by atoms with van der Waals surface area (Å²) in [5, 5.41) is 2.84. The van der Waals surface area contributed by atoms with Crippen LogP contribution in [0.1, 0.15) is 37.3 Å². The summed E-state index contributed by atoms with van der Waals surface area (Å²) in [6.07, 6.45) is 1.08. The Morgan fingerprint density at radius 2 is 1.90 bits per heavy atom. The van der Waals surface area contributed by atoms with Gasteiger partial charge in [-0.25, -0.2) is 4.98 Å². The molecule has 0 aliphatic rings. The van der Waals surface area contributed by atoms with Gasteiger partial charge in [0, 0.05) is 11.3 Å². The zero-order valence-corrected chi connectivity index (χ0v) is 18.0. The van der Waals surface area contributed by atoms with Crippen LogP contribution >= 0.6 is 0 Å². The molecule has 4 aromatic rings. The molecule has 0 bridgehead atoms. The van der Waals surface area contributed by atoms with Gasteiger partial charge in [-0.1, -0.05) is 32.0 Å². The fourth-order valence-electron chi connectivity index (χ4n) is 3.36. The number of fused-ring (bicyclic) bond motifs is 1. The number of carbonyl (C=O) groups is 1. The number of ether oxygens (including phenoxy) is 1. The molecule has 0 radical (unpaired) electrons. The molecular formula is C26H26N2O3. The quantitative estimate of drug-likeness (QED) is 0.383. The van der Waals surface area contributed by atoms with Crippen LogP contribution in [0.3, 0.4) is 0 Å². The summed E-state index contributed by atoms with van der Waals surface area (Å²) in [5.74, 6) is 1.52. The van der Waals surface area contributed by atoms with Crippen LogP contribution in [-0.4, -0.2) is 17.5 Å². The predicted octanol–water partition coefficient (Wildman–Crippen LogP) is 6.33. The van der Waals surface area contributed by atoms with Crippen LogP contribution < -0.4 is 10.1 Å². The van der Waals surface area contributed by atoms with E-state index < -0.39 is 0 Å². The van der Waals surface area contributed by atoms with E-state index in [0.29, 0.717) is 23.2 Å². The van der Waals surface area contributed by atoms with Crippen LogP contribution in [0.4, 0.5) is 5.69 Å². The van der Waals surface area contributed by atoms with Gasteiger partial charge in [0.15, 0.2) is 12.2 Å². The van der Waals surface area contributed by atoms with E-state index in [2.05, 4.69) is 36.3 Å². The number of carbonyl (C=O) groups excluding carboxylic acids is 1. The second kappa shape index (κ2) is 9.04. The minimum absolute atomic E-state index is 0.0468. The highest BCUT2D eigenvalue weighted by Crippen LogP contribution is 2.28. The molecule has 0 fully saturated rings. The number of hydrogen-bond acceptors (Lipinski definition) is 4. The molecular weight excluding hydrogens is 388 g/mol. The lowest BCUT2D eigenvalue weighted by atomic mass is 9.98. The standard InChI is InChI=1S/C26H26N2O3/c1-4-18(3)20-10-13-24-23(15-20)28-26(31-24)19-8-11-21(12-9-19)27-25(29)16-30-22-7-5-6-17(2)14-22/h5-15,18H,4,16H2,1-3H3,(H,27,29). The number of nitrogens with zero attached hydrogens (tertiary/aromatic N) is 1. The second-order valence-electron chi connectivity index (χ2n) is 7.79. The topological polar surface area (TPSA) is 64.4 Å². The normalized spacial score (nSPS) is 12.0. The van der Waals surface area contributed by atoms with Crippen molar-refractivity contribution in [2.45, 2.75) is 33.1 Å². The smallest absolute Gasteiger partial charge is 0.262 e. The minimum atomic E-state index is -0.214. The number of nitrogens with one attached hydrogen (secondary N) is 1. The van der Waals surface area contributed by atoms with Gasteiger partial charge in [-0.3, -0.25) is 4.79 Å². The number of rotatable bonds is 7. The predicted molar refractivity (Wildman–Crippen MR) is 123 cm³/mol. The maximum Gasteiger partial charge on any atom is 0.262 e. The zero-order chi connectivity index (χ0) is 21.8. The summed E-state index contributed by atoms with van der Waals surface area (Å²) in [7, 11) is 0. The van der Waals surface area contributed by atoms with E-state index in [4.69, 9.17) is 9.15 Å². The molecule has 4 rings (SSSR count). The number of oxazole rings is 1. The summed E-state index contributed by atoms with van der Waals surface area (Å²) in [4.78, 5) is 16.8. The summed E-state index contributed by atoms with van der Waals surface area (Å²) in [5.41, 5.74) is 5.53. The van der Waals surface area contributed by atoms with Gasteiger partial charge in [0.1, 0.15) is 11.3 Å². The van der Waals surface area contributed by atoms with Gasteiger partial charge in [-0.15, -0.1) is 0 Å². The Balaban J connectivity index is 1.41. The van der Waals surface area contributed by atoms with Crippen LogP contribution in [-0.2, 0) is 4.79 Å². The number of aryl methyl sites for hydroxylation is 1. The van der Waals surface area contributed by atoms with E-state index in [0.717, 1.165) is 28.6 Å². The van der Waals surface area contributed by atoms with Crippen molar-refractivity contribution in [2.24, 2.45) is 0 Å². The molecule has 1 unspecified atom stereocenters. The van der Waals surface area contributed by atoms with E-state index in [1.807, 2.05) is 61.5 Å². The Labute approximate surface area is 182 Å². The average molecular weight is 415 g/mol. The molecule has 1 atom stereocenters. The number of aromatic nitrogens is 1. The molecule has 1 amide bonds. The largest absolute Gasteiger partial charge is 0.484 e. The van der Waals surface area contributed by atoms with Crippen molar-refractivity contribution in [2.75, 3.05) is 11.9 Å². The van der Waals surface area contributed by atoms with Gasteiger partial charge in [0.25, 0.3) is 5.91 Å². The molecule has 5 nitrogen and oxygen atoms in total. The van der Waals surface area contributed by atoms with E-state index in [9.17, 15) is 4.79 Å². The molecule has 0 aliphatic carbocycles. The Kier molecular flexibility index (Phi) is 6.03. The Morgan fingerprint density at radius 3 is 2.65 bits per heavy atom. The van der Waals surface area contributed by atoms with Crippen molar-refractivity contribution in [3.05, 3.63) is 77.9 Å². The number of benzene rings is 3. The minimum Gasteiger partial charge on any atom is -0.484 e. The molecule has 1 aromatic heterocycles. The Morgan fingerprint density at radius 1 is 1.10 bits per heavy atom. The van der Waals surface area contributed by atoms with Crippen LogP contribution in [0, 0.1) is 6.92 Å². The highest BCUT2D eigenvalue weighted by atomic mass is 16.5. The molecule has 0 saturated heterocycles. The Bertz CT molecular complexity index is 1190. The highest BCUT2D eigenvalue weighted by Gasteiger charge is 2.11. The van der Waals surface area contributed by atoms with Crippen molar-refractivity contribution in [3.63, 3.8) is 0 Å². The molecule has 0 saturated carbocycles.